The van der Waals surface area contributed by atoms with Gasteiger partial charge in [-0.25, -0.2) is 13.2 Å². The van der Waals surface area contributed by atoms with Crippen molar-refractivity contribution in [2.24, 2.45) is 0 Å². The summed E-state index contributed by atoms with van der Waals surface area (Å²) in [6, 6.07) is 6.45. The summed E-state index contributed by atoms with van der Waals surface area (Å²) in [6.45, 7) is 1.87. The molecule has 1 heterocycles. The number of amides is 1. The standard InChI is InChI=1S/C16H15F3N2O/c1-10(16-13(18)6-3-7-20-16)9-21-14(22)8-11-4-2-5-12(17)15(11)19/h2-7,10H,8-9H2,1H3,(H,21,22). The second kappa shape index (κ2) is 7.06. The molecule has 0 fully saturated rings. The number of nitrogens with one attached hydrogen (secondary N) is 1. The number of benzene rings is 1. The van der Waals surface area contributed by atoms with Crippen LogP contribution in [0.4, 0.5) is 13.2 Å². The first kappa shape index (κ1) is 16.0. The first-order valence-corrected chi connectivity index (χ1v) is 6.79. The quantitative estimate of drug-likeness (QED) is 0.922. The molecule has 22 heavy (non-hydrogen) atoms. The van der Waals surface area contributed by atoms with Crippen LogP contribution in [0.3, 0.4) is 0 Å². The van der Waals surface area contributed by atoms with Gasteiger partial charge in [-0.15, -0.1) is 0 Å². The third-order valence-electron chi connectivity index (χ3n) is 3.24. The summed E-state index contributed by atoms with van der Waals surface area (Å²) in [4.78, 5) is 15.7. The number of carbonyl (C=O) groups excluding carboxylic acids is 1. The lowest BCUT2D eigenvalue weighted by Crippen LogP contribution is -2.29. The van der Waals surface area contributed by atoms with Crippen LogP contribution in [0.2, 0.25) is 0 Å². The molecule has 2 aromatic rings. The molecule has 1 unspecified atom stereocenters. The van der Waals surface area contributed by atoms with Gasteiger partial charge in [0.2, 0.25) is 5.91 Å². The summed E-state index contributed by atoms with van der Waals surface area (Å²) in [5.74, 6) is -3.26. The SMILES string of the molecule is CC(CNC(=O)Cc1cccc(F)c1F)c1ncccc1F. The molecule has 1 aromatic carbocycles. The van der Waals surface area contributed by atoms with E-state index in [4.69, 9.17) is 0 Å². The molecule has 0 aliphatic heterocycles. The maximum atomic E-state index is 13.5. The third-order valence-corrected chi connectivity index (χ3v) is 3.24. The second-order valence-electron chi connectivity index (χ2n) is 4.97. The van der Waals surface area contributed by atoms with Crippen molar-refractivity contribution in [2.75, 3.05) is 6.54 Å². The van der Waals surface area contributed by atoms with Crippen molar-refractivity contribution in [3.63, 3.8) is 0 Å². The van der Waals surface area contributed by atoms with Crippen LogP contribution in [-0.2, 0) is 11.2 Å². The molecule has 1 atom stereocenters. The van der Waals surface area contributed by atoms with Gasteiger partial charge in [0, 0.05) is 24.2 Å². The van der Waals surface area contributed by atoms with Gasteiger partial charge in [0.05, 0.1) is 12.1 Å². The van der Waals surface area contributed by atoms with Gasteiger partial charge >= 0.3 is 0 Å². The number of hydrogen-bond donors (Lipinski definition) is 1. The molecule has 1 amide bonds. The molecule has 6 heteroatoms. The van der Waals surface area contributed by atoms with E-state index in [1.165, 1.54) is 30.5 Å². The number of aromatic nitrogens is 1. The summed E-state index contributed by atoms with van der Waals surface area (Å²) >= 11 is 0. The number of hydrogen-bond acceptors (Lipinski definition) is 2. The average molecular weight is 308 g/mol. The van der Waals surface area contributed by atoms with Crippen LogP contribution in [0.15, 0.2) is 36.5 Å². The van der Waals surface area contributed by atoms with Crippen molar-refractivity contribution in [3.05, 3.63) is 65.2 Å². The third kappa shape index (κ3) is 3.84. The van der Waals surface area contributed by atoms with Crippen LogP contribution in [0.25, 0.3) is 0 Å². The Morgan fingerprint density at radius 1 is 1.18 bits per heavy atom. The van der Waals surface area contributed by atoms with Crippen molar-refractivity contribution in [3.8, 4) is 0 Å². The summed E-state index contributed by atoms with van der Waals surface area (Å²) < 4.78 is 40.1. The van der Waals surface area contributed by atoms with E-state index in [2.05, 4.69) is 10.3 Å². The highest BCUT2D eigenvalue weighted by Crippen LogP contribution is 2.15. The van der Waals surface area contributed by atoms with Crippen molar-refractivity contribution >= 4 is 5.91 Å². The average Bonchev–Trinajstić information content (AvgIpc) is 2.50. The van der Waals surface area contributed by atoms with E-state index in [1.807, 2.05) is 0 Å². The van der Waals surface area contributed by atoms with Crippen LogP contribution in [0.1, 0.15) is 24.1 Å². The first-order chi connectivity index (χ1) is 10.5. The van der Waals surface area contributed by atoms with Crippen molar-refractivity contribution in [2.45, 2.75) is 19.3 Å². The Labute approximate surface area is 126 Å². The van der Waals surface area contributed by atoms with Gasteiger partial charge in [-0.2, -0.15) is 0 Å². The minimum atomic E-state index is -1.03. The first-order valence-electron chi connectivity index (χ1n) is 6.79. The summed E-state index contributed by atoms with van der Waals surface area (Å²) in [7, 11) is 0. The minimum absolute atomic E-state index is 0.0193. The highest BCUT2D eigenvalue weighted by molar-refractivity contribution is 5.78. The molecule has 0 spiro atoms. The van der Waals surface area contributed by atoms with Gasteiger partial charge < -0.3 is 5.32 Å². The maximum absolute atomic E-state index is 13.5. The molecule has 1 aromatic heterocycles. The van der Waals surface area contributed by atoms with Crippen molar-refractivity contribution in [1.82, 2.24) is 10.3 Å². The van der Waals surface area contributed by atoms with Crippen LogP contribution in [0.5, 0.6) is 0 Å². The molecule has 0 radical (unpaired) electrons. The van der Waals surface area contributed by atoms with E-state index < -0.39 is 23.4 Å². The Bertz CT molecular complexity index is 676. The summed E-state index contributed by atoms with van der Waals surface area (Å²) in [5.41, 5.74) is 0.230. The van der Waals surface area contributed by atoms with E-state index in [0.29, 0.717) is 0 Å². The molecule has 116 valence electrons. The molecule has 0 aliphatic rings. The Morgan fingerprint density at radius 3 is 2.64 bits per heavy atom. The van der Waals surface area contributed by atoms with Gasteiger partial charge in [-0.05, 0) is 18.2 Å². The van der Waals surface area contributed by atoms with E-state index in [1.54, 1.807) is 6.92 Å². The smallest absolute Gasteiger partial charge is 0.224 e. The maximum Gasteiger partial charge on any atom is 0.224 e. The number of pyridine rings is 1. The Hall–Kier alpha value is -2.37. The Balaban J connectivity index is 1.93. The topological polar surface area (TPSA) is 42.0 Å². The lowest BCUT2D eigenvalue weighted by atomic mass is 10.1. The molecular weight excluding hydrogens is 293 g/mol. The fraction of sp³-hybridized carbons (Fsp3) is 0.250. The van der Waals surface area contributed by atoms with Gasteiger partial charge in [0.15, 0.2) is 11.6 Å². The molecule has 0 aliphatic carbocycles. The van der Waals surface area contributed by atoms with Crippen LogP contribution in [0, 0.1) is 17.5 Å². The van der Waals surface area contributed by atoms with Crippen molar-refractivity contribution < 1.29 is 18.0 Å². The molecule has 2 rings (SSSR count). The number of halogens is 3. The number of nitrogens with zero attached hydrogens (tertiary/aromatic N) is 1. The fourth-order valence-electron chi connectivity index (χ4n) is 2.04. The highest BCUT2D eigenvalue weighted by Gasteiger charge is 2.15. The predicted molar refractivity (Wildman–Crippen MR) is 75.7 cm³/mol. The number of carbonyl (C=O) groups is 1. The lowest BCUT2D eigenvalue weighted by molar-refractivity contribution is -0.120. The number of rotatable bonds is 5. The predicted octanol–water partition coefficient (Wildman–Crippen LogP) is 2.96. The Kier molecular flexibility index (Phi) is 5.14. The zero-order valence-electron chi connectivity index (χ0n) is 11.9. The molecule has 0 bridgehead atoms. The summed E-state index contributed by atoms with van der Waals surface area (Å²) in [6.07, 6.45) is 1.19. The second-order valence-corrected chi connectivity index (χ2v) is 4.97. The van der Waals surface area contributed by atoms with Crippen molar-refractivity contribution in [1.29, 1.82) is 0 Å². The highest BCUT2D eigenvalue weighted by atomic mass is 19.2. The van der Waals surface area contributed by atoms with E-state index >= 15 is 0 Å². The monoisotopic (exact) mass is 308 g/mol. The van der Waals surface area contributed by atoms with E-state index in [-0.39, 0.29) is 30.1 Å². The minimum Gasteiger partial charge on any atom is -0.355 e. The van der Waals surface area contributed by atoms with Crippen LogP contribution >= 0.6 is 0 Å². The molecule has 1 N–H and O–H groups in total. The fourth-order valence-corrected chi connectivity index (χ4v) is 2.04. The molecule has 0 saturated carbocycles. The van der Waals surface area contributed by atoms with E-state index in [9.17, 15) is 18.0 Å². The van der Waals surface area contributed by atoms with E-state index in [0.717, 1.165) is 6.07 Å². The zero-order valence-corrected chi connectivity index (χ0v) is 11.9. The zero-order chi connectivity index (χ0) is 16.1. The molecule has 3 nitrogen and oxygen atoms in total. The lowest BCUT2D eigenvalue weighted by Gasteiger charge is -2.13. The van der Waals surface area contributed by atoms with Crippen LogP contribution in [-0.4, -0.2) is 17.4 Å². The molecular formula is C16H15F3N2O. The molecule has 0 saturated heterocycles. The van der Waals surface area contributed by atoms with Gasteiger partial charge in [0.25, 0.3) is 0 Å². The van der Waals surface area contributed by atoms with Crippen LogP contribution < -0.4 is 5.32 Å². The normalized spacial score (nSPS) is 12.0. The Morgan fingerprint density at radius 2 is 1.91 bits per heavy atom. The summed E-state index contributed by atoms with van der Waals surface area (Å²) in [5, 5.41) is 2.57. The van der Waals surface area contributed by atoms with Gasteiger partial charge in [-0.3, -0.25) is 9.78 Å². The van der Waals surface area contributed by atoms with Gasteiger partial charge in [-0.1, -0.05) is 19.1 Å². The van der Waals surface area contributed by atoms with Gasteiger partial charge in [0.1, 0.15) is 5.82 Å². The largest absolute Gasteiger partial charge is 0.355 e.